The molecule has 0 atom stereocenters. The topological polar surface area (TPSA) is 22.0 Å². The van der Waals surface area contributed by atoms with Crippen LogP contribution in [0.1, 0.15) is 25.3 Å². The molecule has 1 aromatic heterocycles. The number of benzene rings is 1. The highest BCUT2D eigenvalue weighted by Gasteiger charge is 2.11. The lowest BCUT2D eigenvalue weighted by molar-refractivity contribution is 0.804. The molecule has 0 N–H and O–H groups in total. The number of hydrogen-bond donors (Lipinski definition) is 0. The van der Waals surface area contributed by atoms with E-state index in [0.29, 0.717) is 5.92 Å². The third-order valence-corrected chi connectivity index (χ3v) is 3.01. The van der Waals surface area contributed by atoms with Crippen molar-refractivity contribution >= 4 is 0 Å². The molecule has 0 aliphatic carbocycles. The van der Waals surface area contributed by atoms with Gasteiger partial charge in [0.1, 0.15) is 0 Å². The summed E-state index contributed by atoms with van der Waals surface area (Å²) in [5.41, 5.74) is 3.36. The van der Waals surface area contributed by atoms with Gasteiger partial charge in [0.2, 0.25) is 0 Å². The number of hydrogen-bond acceptors (Lipinski definition) is 1. The standard InChI is InChI=1S/C15H17NO/c1-11(2)13-9-10-14(17)16(3)15(13)12-7-5-4-6-8-12/h4-11H,1-3H3. The van der Waals surface area contributed by atoms with Gasteiger partial charge in [0.05, 0.1) is 5.69 Å². The third kappa shape index (κ3) is 2.16. The predicted octanol–water partition coefficient (Wildman–Crippen LogP) is 3.18. The molecule has 0 unspecified atom stereocenters. The first-order valence-corrected chi connectivity index (χ1v) is 5.86. The molecule has 0 aliphatic rings. The van der Waals surface area contributed by atoms with Gasteiger partial charge in [0.25, 0.3) is 5.56 Å². The van der Waals surface area contributed by atoms with Gasteiger partial charge in [-0.05, 0) is 17.0 Å². The van der Waals surface area contributed by atoms with E-state index in [2.05, 4.69) is 13.8 Å². The van der Waals surface area contributed by atoms with E-state index in [1.54, 1.807) is 10.6 Å². The molecule has 0 saturated heterocycles. The Hall–Kier alpha value is -1.83. The van der Waals surface area contributed by atoms with Gasteiger partial charge in [-0.1, -0.05) is 50.2 Å². The summed E-state index contributed by atoms with van der Waals surface area (Å²) >= 11 is 0. The molecule has 0 amide bonds. The highest BCUT2D eigenvalue weighted by Crippen LogP contribution is 2.27. The fourth-order valence-corrected chi connectivity index (χ4v) is 2.08. The maximum atomic E-state index is 11.8. The lowest BCUT2D eigenvalue weighted by Crippen LogP contribution is -2.19. The zero-order valence-corrected chi connectivity index (χ0v) is 10.5. The summed E-state index contributed by atoms with van der Waals surface area (Å²) in [4.78, 5) is 11.8. The van der Waals surface area contributed by atoms with E-state index in [9.17, 15) is 4.79 Å². The quantitative estimate of drug-likeness (QED) is 0.772. The van der Waals surface area contributed by atoms with E-state index in [-0.39, 0.29) is 5.56 Å². The van der Waals surface area contributed by atoms with Gasteiger partial charge < -0.3 is 4.57 Å². The minimum absolute atomic E-state index is 0.0354. The predicted molar refractivity (Wildman–Crippen MR) is 71.2 cm³/mol. The molecule has 1 heterocycles. The van der Waals surface area contributed by atoms with E-state index in [1.807, 2.05) is 43.4 Å². The van der Waals surface area contributed by atoms with E-state index >= 15 is 0 Å². The Kier molecular flexibility index (Phi) is 3.14. The van der Waals surface area contributed by atoms with E-state index in [0.717, 1.165) is 11.3 Å². The summed E-state index contributed by atoms with van der Waals surface area (Å²) in [5, 5.41) is 0. The van der Waals surface area contributed by atoms with Crippen LogP contribution < -0.4 is 5.56 Å². The first kappa shape index (κ1) is 11.6. The Morgan fingerprint density at radius 2 is 1.65 bits per heavy atom. The summed E-state index contributed by atoms with van der Waals surface area (Å²) in [6, 6.07) is 13.6. The zero-order valence-electron chi connectivity index (χ0n) is 10.5. The molecule has 0 aliphatic heterocycles. The monoisotopic (exact) mass is 227 g/mol. The molecule has 0 fully saturated rings. The lowest BCUT2D eigenvalue weighted by Gasteiger charge is -2.16. The smallest absolute Gasteiger partial charge is 0.250 e. The van der Waals surface area contributed by atoms with E-state index in [1.165, 1.54) is 5.56 Å². The van der Waals surface area contributed by atoms with Crippen molar-refractivity contribution in [2.75, 3.05) is 0 Å². The van der Waals surface area contributed by atoms with Crippen molar-refractivity contribution in [3.8, 4) is 11.3 Å². The van der Waals surface area contributed by atoms with Crippen LogP contribution in [0.15, 0.2) is 47.3 Å². The summed E-state index contributed by atoms with van der Waals surface area (Å²) in [6.07, 6.45) is 0. The van der Waals surface area contributed by atoms with Gasteiger partial charge in [-0.25, -0.2) is 0 Å². The van der Waals surface area contributed by atoms with Crippen LogP contribution in [0.3, 0.4) is 0 Å². The Balaban J connectivity index is 2.75. The largest absolute Gasteiger partial charge is 0.311 e. The maximum Gasteiger partial charge on any atom is 0.250 e. The van der Waals surface area contributed by atoms with E-state index < -0.39 is 0 Å². The fraction of sp³-hybridized carbons (Fsp3) is 0.267. The number of nitrogens with zero attached hydrogens (tertiary/aromatic N) is 1. The van der Waals surface area contributed by atoms with Crippen LogP contribution in [0.5, 0.6) is 0 Å². The molecule has 0 radical (unpaired) electrons. The average Bonchev–Trinajstić information content (AvgIpc) is 2.33. The summed E-state index contributed by atoms with van der Waals surface area (Å²) < 4.78 is 1.73. The van der Waals surface area contributed by atoms with E-state index in [4.69, 9.17) is 0 Å². The molecular formula is C15H17NO. The lowest BCUT2D eigenvalue weighted by atomic mass is 9.97. The van der Waals surface area contributed by atoms with Crippen LogP contribution in [-0.4, -0.2) is 4.57 Å². The van der Waals surface area contributed by atoms with Crippen molar-refractivity contribution in [1.82, 2.24) is 4.57 Å². The number of pyridine rings is 1. The molecule has 88 valence electrons. The molecule has 0 spiro atoms. The molecule has 2 heteroatoms. The van der Waals surface area contributed by atoms with Crippen molar-refractivity contribution in [2.24, 2.45) is 7.05 Å². The number of aromatic nitrogens is 1. The second kappa shape index (κ2) is 4.58. The van der Waals surface area contributed by atoms with Crippen molar-refractivity contribution in [3.05, 3.63) is 58.4 Å². The van der Waals surface area contributed by atoms with Crippen LogP contribution in [0.4, 0.5) is 0 Å². The van der Waals surface area contributed by atoms with Crippen LogP contribution >= 0.6 is 0 Å². The van der Waals surface area contributed by atoms with Gasteiger partial charge in [0.15, 0.2) is 0 Å². The maximum absolute atomic E-state index is 11.8. The Labute approximate surface area is 102 Å². The first-order valence-electron chi connectivity index (χ1n) is 5.86. The fourth-order valence-electron chi connectivity index (χ4n) is 2.08. The first-order chi connectivity index (χ1) is 8.11. The van der Waals surface area contributed by atoms with Crippen molar-refractivity contribution in [3.63, 3.8) is 0 Å². The molecule has 0 saturated carbocycles. The Morgan fingerprint density at radius 1 is 1.00 bits per heavy atom. The Morgan fingerprint density at radius 3 is 2.24 bits per heavy atom. The van der Waals surface area contributed by atoms with Crippen molar-refractivity contribution in [1.29, 1.82) is 0 Å². The third-order valence-electron chi connectivity index (χ3n) is 3.01. The average molecular weight is 227 g/mol. The summed E-state index contributed by atoms with van der Waals surface area (Å²) in [5.74, 6) is 0.400. The minimum Gasteiger partial charge on any atom is -0.311 e. The second-order valence-electron chi connectivity index (χ2n) is 4.56. The molecule has 0 bridgehead atoms. The van der Waals surface area contributed by atoms with Crippen LogP contribution in [0.25, 0.3) is 11.3 Å². The van der Waals surface area contributed by atoms with Crippen LogP contribution in [-0.2, 0) is 7.05 Å². The van der Waals surface area contributed by atoms with Crippen molar-refractivity contribution < 1.29 is 0 Å². The molecule has 2 rings (SSSR count). The summed E-state index contributed by atoms with van der Waals surface area (Å²) in [7, 11) is 1.83. The molecule has 2 nitrogen and oxygen atoms in total. The SMILES string of the molecule is CC(C)c1ccc(=O)n(C)c1-c1ccccc1. The molecule has 1 aromatic carbocycles. The van der Waals surface area contributed by atoms with Gasteiger partial charge in [0, 0.05) is 13.1 Å². The van der Waals surface area contributed by atoms with Crippen LogP contribution in [0, 0.1) is 0 Å². The van der Waals surface area contributed by atoms with Crippen molar-refractivity contribution in [2.45, 2.75) is 19.8 Å². The van der Waals surface area contributed by atoms with Gasteiger partial charge in [-0.2, -0.15) is 0 Å². The van der Waals surface area contributed by atoms with Gasteiger partial charge in [-0.15, -0.1) is 0 Å². The highest BCUT2D eigenvalue weighted by atomic mass is 16.1. The van der Waals surface area contributed by atoms with Gasteiger partial charge >= 0.3 is 0 Å². The minimum atomic E-state index is 0.0354. The second-order valence-corrected chi connectivity index (χ2v) is 4.56. The van der Waals surface area contributed by atoms with Gasteiger partial charge in [-0.3, -0.25) is 4.79 Å². The zero-order chi connectivity index (χ0) is 12.4. The van der Waals surface area contributed by atoms with Crippen LogP contribution in [0.2, 0.25) is 0 Å². The highest BCUT2D eigenvalue weighted by molar-refractivity contribution is 5.64. The molecule has 17 heavy (non-hydrogen) atoms. The number of rotatable bonds is 2. The normalized spacial score (nSPS) is 10.8. The molecule has 2 aromatic rings. The summed E-state index contributed by atoms with van der Waals surface area (Å²) in [6.45, 7) is 4.29. The molecular weight excluding hydrogens is 210 g/mol. The Bertz CT molecular complexity index is 567.